The number of aliphatic hydroxyl groups is 1. The molecule has 0 amide bonds. The van der Waals surface area contributed by atoms with E-state index in [1.807, 2.05) is 14.0 Å². The minimum atomic E-state index is -0.785. The van der Waals surface area contributed by atoms with Gasteiger partial charge in [0.1, 0.15) is 0 Å². The van der Waals surface area contributed by atoms with Gasteiger partial charge in [-0.2, -0.15) is 0 Å². The van der Waals surface area contributed by atoms with Crippen molar-refractivity contribution in [2.24, 2.45) is 5.92 Å². The van der Waals surface area contributed by atoms with Crippen LogP contribution in [0.25, 0.3) is 0 Å². The number of allylic oxidation sites excluding steroid dienone is 4. The zero-order chi connectivity index (χ0) is 15.2. The van der Waals surface area contributed by atoms with E-state index in [9.17, 15) is 5.11 Å². The summed E-state index contributed by atoms with van der Waals surface area (Å²) in [5.74, 6) is 0.222. The quantitative estimate of drug-likeness (QED) is 0.564. The lowest BCUT2D eigenvalue weighted by molar-refractivity contribution is -0.0140. The van der Waals surface area contributed by atoms with E-state index in [0.717, 1.165) is 31.4 Å². The zero-order valence-electron chi connectivity index (χ0n) is 12.4. The van der Waals surface area contributed by atoms with E-state index in [-0.39, 0.29) is 5.92 Å². The number of rotatable bonds is 6. The Balaban J connectivity index is 2.99. The van der Waals surface area contributed by atoms with Crippen LogP contribution in [0.15, 0.2) is 34.4 Å². The summed E-state index contributed by atoms with van der Waals surface area (Å²) in [5.41, 5.74) is 0.108. The molecule has 0 aromatic rings. The van der Waals surface area contributed by atoms with Crippen molar-refractivity contribution in [3.8, 4) is 0 Å². The van der Waals surface area contributed by atoms with Gasteiger partial charge >= 0.3 is 0 Å². The maximum atomic E-state index is 11.0. The highest BCUT2D eigenvalue weighted by Gasteiger charge is 2.39. The summed E-state index contributed by atoms with van der Waals surface area (Å²) in [6, 6.07) is 0. The molecule has 1 saturated carbocycles. The van der Waals surface area contributed by atoms with Gasteiger partial charge in [-0.3, -0.25) is 0 Å². The van der Waals surface area contributed by atoms with Crippen LogP contribution >= 0.6 is 23.2 Å². The first-order chi connectivity index (χ1) is 9.45. The summed E-state index contributed by atoms with van der Waals surface area (Å²) in [6.45, 7) is 6.39. The molecule has 2 atom stereocenters. The van der Waals surface area contributed by atoms with Gasteiger partial charge in [0.25, 0.3) is 0 Å². The number of hydrogen-bond donors (Lipinski definition) is 2. The minimum absolute atomic E-state index is 0.222. The Bertz CT molecular complexity index is 401. The van der Waals surface area contributed by atoms with Crippen LogP contribution in [-0.2, 0) is 0 Å². The van der Waals surface area contributed by atoms with E-state index in [4.69, 9.17) is 23.2 Å². The van der Waals surface area contributed by atoms with Gasteiger partial charge in [0.05, 0.1) is 10.6 Å². The molecule has 0 aromatic carbocycles. The molecule has 1 aliphatic carbocycles. The summed E-state index contributed by atoms with van der Waals surface area (Å²) in [4.78, 5) is 0. The molecule has 1 aliphatic rings. The van der Waals surface area contributed by atoms with Gasteiger partial charge in [-0.25, -0.2) is 0 Å². The molecule has 0 aliphatic heterocycles. The lowest BCUT2D eigenvalue weighted by atomic mass is 9.71. The van der Waals surface area contributed by atoms with Crippen molar-refractivity contribution in [2.45, 2.75) is 44.6 Å². The number of hydrogen-bond acceptors (Lipinski definition) is 2. The first-order valence-electron chi connectivity index (χ1n) is 7.16. The van der Waals surface area contributed by atoms with E-state index in [2.05, 4.69) is 11.9 Å². The second-order valence-corrected chi connectivity index (χ2v) is 6.36. The summed E-state index contributed by atoms with van der Waals surface area (Å²) < 4.78 is 0. The summed E-state index contributed by atoms with van der Waals surface area (Å²) in [6.07, 6.45) is 8.10. The molecule has 0 saturated heterocycles. The van der Waals surface area contributed by atoms with Crippen molar-refractivity contribution >= 4 is 23.2 Å². The molecule has 20 heavy (non-hydrogen) atoms. The highest BCUT2D eigenvalue weighted by atomic mass is 35.5. The van der Waals surface area contributed by atoms with Crippen LogP contribution in [0, 0.1) is 5.92 Å². The average molecular weight is 318 g/mol. The van der Waals surface area contributed by atoms with Crippen molar-refractivity contribution < 1.29 is 5.11 Å². The molecule has 0 radical (unpaired) electrons. The van der Waals surface area contributed by atoms with E-state index >= 15 is 0 Å². The van der Waals surface area contributed by atoms with Crippen LogP contribution in [0.4, 0.5) is 0 Å². The van der Waals surface area contributed by atoms with Crippen LogP contribution in [0.2, 0.25) is 0 Å². The van der Waals surface area contributed by atoms with Gasteiger partial charge in [0.15, 0.2) is 0 Å². The molecule has 0 bridgehead atoms. The third-order valence-corrected chi connectivity index (χ3v) is 4.89. The molecule has 114 valence electrons. The summed E-state index contributed by atoms with van der Waals surface area (Å²) in [5, 5.41) is 15.3. The second-order valence-electron chi connectivity index (χ2n) is 5.50. The van der Waals surface area contributed by atoms with Crippen molar-refractivity contribution in [3.05, 3.63) is 34.4 Å². The lowest BCUT2D eigenvalue weighted by Crippen LogP contribution is -2.46. The first kappa shape index (κ1) is 17.8. The molecule has 0 aromatic heterocycles. The van der Waals surface area contributed by atoms with Gasteiger partial charge in [0, 0.05) is 23.9 Å². The molecular formula is C16H25Cl2NO. The standard InChI is InChI=1S/C16H25Cl2NO/c1-4-7-14(17)15(18)10-12(2)16(20)9-6-5-8-13(16)11-19-3/h4,10,13,19-20H,1,5-9,11H2,2-3H3/b12-10+,15-14-/t13-,16+/m0/s1. The number of nitrogens with one attached hydrogen (secondary N) is 1. The fourth-order valence-corrected chi connectivity index (χ4v) is 3.29. The van der Waals surface area contributed by atoms with Crippen LogP contribution in [-0.4, -0.2) is 24.3 Å². The van der Waals surface area contributed by atoms with Crippen LogP contribution in [0.1, 0.15) is 39.0 Å². The van der Waals surface area contributed by atoms with E-state index < -0.39 is 5.60 Å². The summed E-state index contributed by atoms with van der Waals surface area (Å²) in [7, 11) is 1.92. The zero-order valence-corrected chi connectivity index (χ0v) is 13.9. The highest BCUT2D eigenvalue weighted by molar-refractivity contribution is 6.40. The first-order valence-corrected chi connectivity index (χ1v) is 7.92. The van der Waals surface area contributed by atoms with E-state index in [0.29, 0.717) is 16.5 Å². The van der Waals surface area contributed by atoms with Gasteiger partial charge in [-0.15, -0.1) is 6.58 Å². The van der Waals surface area contributed by atoms with Crippen molar-refractivity contribution in [2.75, 3.05) is 13.6 Å². The Labute approximate surface area is 132 Å². The molecule has 1 rings (SSSR count). The maximum absolute atomic E-state index is 11.0. The predicted molar refractivity (Wildman–Crippen MR) is 88.1 cm³/mol. The number of halogens is 2. The highest BCUT2D eigenvalue weighted by Crippen LogP contribution is 2.39. The fourth-order valence-electron chi connectivity index (χ4n) is 2.88. The lowest BCUT2D eigenvalue weighted by Gasteiger charge is -2.41. The molecule has 2 N–H and O–H groups in total. The summed E-state index contributed by atoms with van der Waals surface area (Å²) >= 11 is 12.3. The van der Waals surface area contributed by atoms with Crippen LogP contribution in [0.5, 0.6) is 0 Å². The molecule has 4 heteroatoms. The molecule has 0 heterocycles. The molecule has 0 unspecified atom stereocenters. The van der Waals surface area contributed by atoms with Crippen molar-refractivity contribution in [1.29, 1.82) is 0 Å². The Morgan fingerprint density at radius 3 is 2.75 bits per heavy atom. The van der Waals surface area contributed by atoms with E-state index in [1.165, 1.54) is 6.42 Å². The van der Waals surface area contributed by atoms with Crippen LogP contribution < -0.4 is 5.32 Å². The Morgan fingerprint density at radius 2 is 2.15 bits per heavy atom. The topological polar surface area (TPSA) is 32.3 Å². The predicted octanol–water partition coefficient (Wildman–Crippen LogP) is 4.34. The molecule has 0 spiro atoms. The van der Waals surface area contributed by atoms with Gasteiger partial charge in [-0.05, 0) is 38.5 Å². The third-order valence-electron chi connectivity index (χ3n) is 4.10. The van der Waals surface area contributed by atoms with Gasteiger partial charge in [0.2, 0.25) is 0 Å². The largest absolute Gasteiger partial charge is 0.385 e. The molecular weight excluding hydrogens is 293 g/mol. The molecule has 1 fully saturated rings. The SMILES string of the molecule is C=CC/C(Cl)=C(Cl)\C=C(/C)[C@]1(O)CCCC[C@H]1CNC. The minimum Gasteiger partial charge on any atom is -0.385 e. The monoisotopic (exact) mass is 317 g/mol. The maximum Gasteiger partial charge on any atom is 0.0897 e. The fraction of sp³-hybridized carbons (Fsp3) is 0.625. The average Bonchev–Trinajstić information content (AvgIpc) is 2.41. The Kier molecular flexibility index (Phi) is 7.32. The smallest absolute Gasteiger partial charge is 0.0897 e. The molecule has 2 nitrogen and oxygen atoms in total. The van der Waals surface area contributed by atoms with Crippen molar-refractivity contribution in [3.63, 3.8) is 0 Å². The van der Waals surface area contributed by atoms with Crippen molar-refractivity contribution in [1.82, 2.24) is 5.32 Å². The van der Waals surface area contributed by atoms with Gasteiger partial charge < -0.3 is 10.4 Å². The second kappa shape index (κ2) is 8.23. The van der Waals surface area contributed by atoms with Gasteiger partial charge in [-0.1, -0.05) is 42.1 Å². The Morgan fingerprint density at radius 1 is 1.45 bits per heavy atom. The van der Waals surface area contributed by atoms with Crippen LogP contribution in [0.3, 0.4) is 0 Å². The Hall–Kier alpha value is -0.280. The normalized spacial score (nSPS) is 29.1. The third kappa shape index (κ3) is 4.36. The van der Waals surface area contributed by atoms with E-state index in [1.54, 1.807) is 12.2 Å².